The van der Waals surface area contributed by atoms with Crippen molar-refractivity contribution in [2.24, 2.45) is 11.8 Å². The number of methoxy groups -OCH3 is 1. The number of hydrogen-bond donors (Lipinski definition) is 3. The largest absolute Gasteiger partial charge is 0.467 e. The van der Waals surface area contributed by atoms with E-state index < -0.39 is 0 Å². The Morgan fingerprint density at radius 3 is 2.85 bits per heavy atom. The van der Waals surface area contributed by atoms with Gasteiger partial charge in [0.2, 0.25) is 0 Å². The normalized spacial score (nSPS) is 25.6. The Balaban J connectivity index is 2.02. The molecule has 1 fully saturated rings. The van der Waals surface area contributed by atoms with Gasteiger partial charge in [0.1, 0.15) is 0 Å². The fourth-order valence-corrected chi connectivity index (χ4v) is 2.83. The molecular formula is C12H17N5O3. The second-order valence-corrected chi connectivity index (χ2v) is 5.01. The van der Waals surface area contributed by atoms with Gasteiger partial charge in [0.15, 0.2) is 17.0 Å². The molecule has 2 aromatic rings. The molecule has 3 rings (SSSR count). The van der Waals surface area contributed by atoms with E-state index in [0.717, 1.165) is 6.42 Å². The molecule has 20 heavy (non-hydrogen) atoms. The number of ether oxygens (including phenoxy) is 1. The van der Waals surface area contributed by atoms with Crippen LogP contribution in [0, 0.1) is 11.8 Å². The van der Waals surface area contributed by atoms with E-state index in [1.165, 1.54) is 7.11 Å². The van der Waals surface area contributed by atoms with Crippen LogP contribution in [0.2, 0.25) is 0 Å². The number of nitrogens with zero attached hydrogens (tertiary/aromatic N) is 4. The van der Waals surface area contributed by atoms with Gasteiger partial charge in [0.25, 0.3) is 0 Å². The molecule has 0 unspecified atom stereocenters. The van der Waals surface area contributed by atoms with Gasteiger partial charge in [-0.05, 0) is 12.3 Å². The molecule has 4 N–H and O–H groups in total. The lowest BCUT2D eigenvalue weighted by atomic mass is 9.70. The molecule has 2 heterocycles. The molecule has 1 saturated carbocycles. The van der Waals surface area contributed by atoms with Crippen LogP contribution in [-0.4, -0.2) is 50.1 Å². The first kappa shape index (κ1) is 13.1. The molecule has 0 aliphatic heterocycles. The number of aliphatic hydroxyl groups excluding tert-OH is 2. The van der Waals surface area contributed by atoms with Crippen LogP contribution in [0.4, 0.5) is 5.82 Å². The summed E-state index contributed by atoms with van der Waals surface area (Å²) < 4.78 is 6.90. The number of rotatable bonds is 4. The van der Waals surface area contributed by atoms with E-state index in [-0.39, 0.29) is 42.9 Å². The molecule has 0 radical (unpaired) electrons. The maximum absolute atomic E-state index is 9.46. The third-order valence-electron chi connectivity index (χ3n) is 4.06. The van der Waals surface area contributed by atoms with Crippen molar-refractivity contribution in [1.82, 2.24) is 19.5 Å². The molecule has 0 amide bonds. The van der Waals surface area contributed by atoms with Crippen LogP contribution in [-0.2, 0) is 0 Å². The van der Waals surface area contributed by atoms with Crippen molar-refractivity contribution in [2.45, 2.75) is 12.5 Å². The molecule has 8 nitrogen and oxygen atoms in total. The van der Waals surface area contributed by atoms with E-state index in [1.54, 1.807) is 6.33 Å². The van der Waals surface area contributed by atoms with Crippen molar-refractivity contribution in [3.05, 3.63) is 6.33 Å². The Hall–Kier alpha value is -1.93. The number of nitrogens with two attached hydrogens (primary N) is 1. The molecule has 0 saturated heterocycles. The number of fused-ring (bicyclic) bond motifs is 1. The van der Waals surface area contributed by atoms with E-state index in [2.05, 4.69) is 15.0 Å². The zero-order valence-corrected chi connectivity index (χ0v) is 11.1. The van der Waals surface area contributed by atoms with Gasteiger partial charge in [-0.15, -0.1) is 0 Å². The second-order valence-electron chi connectivity index (χ2n) is 5.01. The van der Waals surface area contributed by atoms with Gasteiger partial charge in [0.05, 0.1) is 13.4 Å². The van der Waals surface area contributed by atoms with Crippen molar-refractivity contribution < 1.29 is 14.9 Å². The van der Waals surface area contributed by atoms with Gasteiger partial charge in [-0.2, -0.15) is 9.97 Å². The first-order valence-corrected chi connectivity index (χ1v) is 6.45. The van der Waals surface area contributed by atoms with E-state index in [4.69, 9.17) is 10.5 Å². The summed E-state index contributed by atoms with van der Waals surface area (Å²) >= 11 is 0. The average Bonchev–Trinajstić information content (AvgIpc) is 2.83. The third-order valence-corrected chi connectivity index (χ3v) is 4.06. The monoisotopic (exact) mass is 279 g/mol. The van der Waals surface area contributed by atoms with Crippen molar-refractivity contribution in [3.8, 4) is 6.01 Å². The van der Waals surface area contributed by atoms with Crippen LogP contribution in [0.1, 0.15) is 12.5 Å². The van der Waals surface area contributed by atoms with Gasteiger partial charge in [-0.3, -0.25) is 0 Å². The van der Waals surface area contributed by atoms with Gasteiger partial charge < -0.3 is 25.3 Å². The highest BCUT2D eigenvalue weighted by atomic mass is 16.5. The number of imidazole rings is 1. The Morgan fingerprint density at radius 1 is 1.40 bits per heavy atom. The van der Waals surface area contributed by atoms with Crippen molar-refractivity contribution in [2.75, 3.05) is 26.1 Å². The summed E-state index contributed by atoms with van der Waals surface area (Å²) in [6, 6.07) is 0.247. The third kappa shape index (κ3) is 1.80. The Bertz CT molecular complexity index is 629. The summed E-state index contributed by atoms with van der Waals surface area (Å²) in [5.74, 6) is 0.382. The van der Waals surface area contributed by atoms with Crippen molar-refractivity contribution >= 4 is 17.0 Å². The first-order valence-electron chi connectivity index (χ1n) is 6.45. The van der Waals surface area contributed by atoms with Gasteiger partial charge in [-0.1, -0.05) is 0 Å². The molecule has 3 atom stereocenters. The quantitative estimate of drug-likeness (QED) is 0.695. The van der Waals surface area contributed by atoms with E-state index in [1.807, 2.05) is 4.57 Å². The van der Waals surface area contributed by atoms with Crippen molar-refractivity contribution in [3.63, 3.8) is 0 Å². The molecule has 0 aromatic carbocycles. The minimum absolute atomic E-state index is 0.000385. The first-order chi connectivity index (χ1) is 9.69. The topological polar surface area (TPSA) is 119 Å². The predicted octanol–water partition coefficient (Wildman–Crippen LogP) is -0.421. The van der Waals surface area contributed by atoms with E-state index >= 15 is 0 Å². The number of nitrogen functional groups attached to an aromatic ring is 1. The smallest absolute Gasteiger partial charge is 0.320 e. The lowest BCUT2D eigenvalue weighted by Crippen LogP contribution is -2.42. The summed E-state index contributed by atoms with van der Waals surface area (Å²) in [4.78, 5) is 12.5. The summed E-state index contributed by atoms with van der Waals surface area (Å²) in [5.41, 5.74) is 6.94. The molecule has 1 aliphatic rings. The second kappa shape index (κ2) is 4.88. The average molecular weight is 279 g/mol. The molecule has 8 heteroatoms. The van der Waals surface area contributed by atoms with E-state index in [9.17, 15) is 10.2 Å². The zero-order chi connectivity index (χ0) is 14.3. The number of aromatic nitrogens is 4. The predicted molar refractivity (Wildman–Crippen MR) is 71.1 cm³/mol. The molecular weight excluding hydrogens is 262 g/mol. The minimum Gasteiger partial charge on any atom is -0.467 e. The van der Waals surface area contributed by atoms with Gasteiger partial charge in [-0.25, -0.2) is 4.98 Å². The Kier molecular flexibility index (Phi) is 3.19. The number of aliphatic hydroxyl groups is 2. The highest BCUT2D eigenvalue weighted by Gasteiger charge is 2.42. The van der Waals surface area contributed by atoms with Crippen LogP contribution in [0.3, 0.4) is 0 Å². The standard InChI is InChI=1S/C12H17N5O3/c1-20-12-15-10(13)9-11(16-12)17(5-14-9)8-2-6(3-18)7(8)4-19/h5-8,18-19H,2-4H2,1H3,(H2,13,15,16)/t6-,7-,8-/m1/s1. The molecule has 108 valence electrons. The molecule has 0 spiro atoms. The highest BCUT2D eigenvalue weighted by Crippen LogP contribution is 2.44. The van der Waals surface area contributed by atoms with Crippen LogP contribution >= 0.6 is 0 Å². The zero-order valence-electron chi connectivity index (χ0n) is 11.1. The maximum Gasteiger partial charge on any atom is 0.320 e. The van der Waals surface area contributed by atoms with Crippen LogP contribution in [0.25, 0.3) is 11.2 Å². The van der Waals surface area contributed by atoms with Gasteiger partial charge in [0, 0.05) is 25.2 Å². The van der Waals surface area contributed by atoms with Crippen LogP contribution in [0.15, 0.2) is 6.33 Å². The Labute approximate surface area is 115 Å². The van der Waals surface area contributed by atoms with Crippen LogP contribution in [0.5, 0.6) is 6.01 Å². The Morgan fingerprint density at radius 2 is 2.20 bits per heavy atom. The maximum atomic E-state index is 9.46. The molecule has 2 aromatic heterocycles. The lowest BCUT2D eigenvalue weighted by molar-refractivity contribution is -0.00531. The highest BCUT2D eigenvalue weighted by molar-refractivity contribution is 5.82. The summed E-state index contributed by atoms with van der Waals surface area (Å²) in [7, 11) is 1.48. The van der Waals surface area contributed by atoms with Crippen molar-refractivity contribution in [1.29, 1.82) is 0 Å². The summed E-state index contributed by atoms with van der Waals surface area (Å²) in [6.45, 7) is 0.0993. The fraction of sp³-hybridized carbons (Fsp3) is 0.583. The fourth-order valence-electron chi connectivity index (χ4n) is 2.83. The number of hydrogen-bond acceptors (Lipinski definition) is 7. The SMILES string of the molecule is COc1nc(N)c2ncn([C@@H]3C[C@H](CO)[C@H]3CO)c2n1. The number of anilines is 1. The van der Waals surface area contributed by atoms with E-state index in [0.29, 0.717) is 11.2 Å². The molecule has 1 aliphatic carbocycles. The lowest BCUT2D eigenvalue weighted by Gasteiger charge is -2.43. The minimum atomic E-state index is -0.000385. The molecule has 0 bridgehead atoms. The van der Waals surface area contributed by atoms with Gasteiger partial charge >= 0.3 is 6.01 Å². The summed E-state index contributed by atoms with van der Waals surface area (Å²) in [6.07, 6.45) is 2.43. The summed E-state index contributed by atoms with van der Waals surface area (Å²) in [5, 5.41) is 18.7. The van der Waals surface area contributed by atoms with Crippen LogP contribution < -0.4 is 10.5 Å².